The van der Waals surface area contributed by atoms with Crippen LogP contribution in [-0.4, -0.2) is 43.6 Å². The highest BCUT2D eigenvalue weighted by atomic mass is 35.5. The van der Waals surface area contributed by atoms with Crippen molar-refractivity contribution in [3.8, 4) is 11.1 Å². The number of hydrazone groups is 1. The van der Waals surface area contributed by atoms with E-state index in [4.69, 9.17) is 32.8 Å². The maximum atomic E-state index is 13.0. The second-order valence-corrected chi connectivity index (χ2v) is 7.89. The van der Waals surface area contributed by atoms with Crippen LogP contribution in [0.25, 0.3) is 11.1 Å². The first kappa shape index (κ1) is 27.6. The summed E-state index contributed by atoms with van der Waals surface area (Å²) < 4.78 is 10.3. The Bertz CT molecular complexity index is 1060. The van der Waals surface area contributed by atoms with Crippen LogP contribution in [0.5, 0.6) is 0 Å². The third-order valence-electron chi connectivity index (χ3n) is 5.02. The van der Waals surface area contributed by atoms with Gasteiger partial charge < -0.3 is 15.3 Å². The molecule has 0 saturated heterocycles. The second kappa shape index (κ2) is 14.0. The van der Waals surface area contributed by atoms with Gasteiger partial charge in [0.05, 0.1) is 25.5 Å². The number of hydrogen-bond acceptors (Lipinski definition) is 8. The molecule has 10 nitrogen and oxygen atoms in total. The number of hydrazine groups is 1. The predicted molar refractivity (Wildman–Crippen MR) is 136 cm³/mol. The minimum Gasteiger partial charge on any atom is -0.502 e. The number of methoxy groups -OCH3 is 1. The number of benzene rings is 2. The molecule has 0 radical (unpaired) electrons. The first-order valence-electron chi connectivity index (χ1n) is 10.9. The Morgan fingerprint density at radius 2 is 1.89 bits per heavy atom. The molecule has 0 spiro atoms. The summed E-state index contributed by atoms with van der Waals surface area (Å²) >= 11 is 6.10. The van der Waals surface area contributed by atoms with Crippen LogP contribution in [0.1, 0.15) is 19.4 Å². The molecule has 2 rings (SSSR count). The van der Waals surface area contributed by atoms with Crippen LogP contribution in [0, 0.1) is 0 Å². The smallest absolute Gasteiger partial charge is 0.327 e. The van der Waals surface area contributed by atoms with E-state index in [0.717, 1.165) is 16.7 Å². The zero-order chi connectivity index (χ0) is 25.8. The van der Waals surface area contributed by atoms with Gasteiger partial charge in [-0.05, 0) is 55.2 Å². The van der Waals surface area contributed by atoms with Crippen molar-refractivity contribution in [1.29, 1.82) is 0 Å². The normalized spacial score (nSPS) is 13.5. The number of esters is 1. The molecule has 2 aromatic rings. The Morgan fingerprint density at radius 1 is 1.17 bits per heavy atom. The molecule has 2 atom stereocenters. The van der Waals surface area contributed by atoms with Crippen LogP contribution in [0.2, 0.25) is 5.02 Å². The summed E-state index contributed by atoms with van der Waals surface area (Å²) in [4.78, 5) is 25.6. The van der Waals surface area contributed by atoms with Crippen LogP contribution in [0.3, 0.4) is 0 Å². The highest BCUT2D eigenvalue weighted by Gasteiger charge is 2.27. The molecule has 0 saturated carbocycles. The average molecular weight is 503 g/mol. The second-order valence-electron chi connectivity index (χ2n) is 7.45. The number of hydrogen-bond donors (Lipinski definition) is 5. The molecule has 0 aromatic heterocycles. The zero-order valence-corrected chi connectivity index (χ0v) is 20.6. The van der Waals surface area contributed by atoms with Crippen molar-refractivity contribution in [2.75, 3.05) is 13.7 Å². The fraction of sp³-hybridized carbons (Fsp3) is 0.292. The van der Waals surface area contributed by atoms with Crippen LogP contribution in [-0.2, 0) is 25.5 Å². The van der Waals surface area contributed by atoms with Crippen molar-refractivity contribution in [3.05, 3.63) is 71.0 Å². The Kier molecular flexibility index (Phi) is 11.0. The molecule has 11 heteroatoms. The topological polar surface area (TPSA) is 153 Å². The molecule has 0 aliphatic carbocycles. The number of guanidine groups is 1. The minimum absolute atomic E-state index is 0.130. The third-order valence-corrected chi connectivity index (χ3v) is 5.26. The van der Waals surface area contributed by atoms with Gasteiger partial charge in [-0.15, -0.1) is 5.10 Å². The van der Waals surface area contributed by atoms with Gasteiger partial charge in [0.2, 0.25) is 11.9 Å². The van der Waals surface area contributed by atoms with E-state index < -0.39 is 24.0 Å². The Labute approximate surface area is 209 Å². The lowest BCUT2D eigenvalue weighted by molar-refractivity contribution is -0.144. The standard InChI is InChI=1S/C24H31ClN6O4/c1-4-35-23(33)21(12-15(2)34-3)28-20(22(32)29-24(30-26)31-27)13-16-8-10-17(11-9-16)18-6-5-7-19(25)14-18/h5-12,14,20-21,28H,4,13,26-27H2,1-3H3,(H2,29,30,31,32). The van der Waals surface area contributed by atoms with Crippen molar-refractivity contribution < 1.29 is 19.1 Å². The molecule has 0 fully saturated rings. The van der Waals surface area contributed by atoms with Gasteiger partial charge >= 0.3 is 5.97 Å². The molecule has 0 aliphatic rings. The highest BCUT2D eigenvalue weighted by Crippen LogP contribution is 2.23. The summed E-state index contributed by atoms with van der Waals surface area (Å²) in [7, 11) is 1.48. The lowest BCUT2D eigenvalue weighted by atomic mass is 9.99. The zero-order valence-electron chi connectivity index (χ0n) is 19.9. The third kappa shape index (κ3) is 8.60. The molecule has 0 bridgehead atoms. The van der Waals surface area contributed by atoms with Gasteiger partial charge in [0.25, 0.3) is 0 Å². The number of nitrogens with zero attached hydrogens (tertiary/aromatic N) is 1. The molecule has 1 amide bonds. The fourth-order valence-corrected chi connectivity index (χ4v) is 3.40. The largest absolute Gasteiger partial charge is 0.502 e. The Morgan fingerprint density at radius 3 is 2.46 bits per heavy atom. The van der Waals surface area contributed by atoms with E-state index in [1.807, 2.05) is 48.5 Å². The predicted octanol–water partition coefficient (Wildman–Crippen LogP) is 1.80. The van der Waals surface area contributed by atoms with Crippen molar-refractivity contribution in [3.63, 3.8) is 0 Å². The monoisotopic (exact) mass is 502 g/mol. The van der Waals surface area contributed by atoms with Gasteiger partial charge in [0, 0.05) is 5.02 Å². The first-order valence-corrected chi connectivity index (χ1v) is 11.2. The summed E-state index contributed by atoms with van der Waals surface area (Å²) in [6.07, 6.45) is 1.78. The van der Waals surface area contributed by atoms with Gasteiger partial charge in [-0.3, -0.25) is 25.6 Å². The van der Waals surface area contributed by atoms with E-state index in [9.17, 15) is 9.59 Å². The van der Waals surface area contributed by atoms with Crippen LogP contribution in [0.15, 0.2) is 65.5 Å². The first-order chi connectivity index (χ1) is 16.8. The van der Waals surface area contributed by atoms with E-state index in [2.05, 4.69) is 21.2 Å². The Balaban J connectivity index is 2.32. The fourth-order valence-electron chi connectivity index (χ4n) is 3.21. The molecule has 188 valence electrons. The van der Waals surface area contributed by atoms with Crippen molar-refractivity contribution in [2.24, 2.45) is 16.8 Å². The quantitative estimate of drug-likeness (QED) is 0.0823. The van der Waals surface area contributed by atoms with Gasteiger partial charge in [0.1, 0.15) is 6.04 Å². The maximum absolute atomic E-state index is 13.0. The molecule has 35 heavy (non-hydrogen) atoms. The number of ether oxygens (including phenoxy) is 2. The summed E-state index contributed by atoms with van der Waals surface area (Å²) in [5.41, 5.74) is 4.98. The molecule has 7 N–H and O–H groups in total. The average Bonchev–Trinajstić information content (AvgIpc) is 2.86. The van der Waals surface area contributed by atoms with Crippen LogP contribution >= 0.6 is 11.6 Å². The molecule has 2 aromatic carbocycles. The number of rotatable bonds is 10. The Hall–Kier alpha value is -3.60. The summed E-state index contributed by atoms with van der Waals surface area (Å²) in [6.45, 7) is 3.57. The lowest BCUT2D eigenvalue weighted by Gasteiger charge is -2.23. The SMILES string of the molecule is CCOC(=O)C(C=C(C)OC)NC(Cc1ccc(-c2cccc(Cl)c2)cc1)C(=O)N/C(=N\N)NN. The van der Waals surface area contributed by atoms with E-state index in [-0.39, 0.29) is 19.0 Å². The molecule has 2 unspecified atom stereocenters. The van der Waals surface area contributed by atoms with Crippen molar-refractivity contribution in [2.45, 2.75) is 32.4 Å². The molecule has 0 aliphatic heterocycles. The summed E-state index contributed by atoms with van der Waals surface area (Å²) in [5, 5.41) is 9.55. The maximum Gasteiger partial charge on any atom is 0.327 e. The number of nitrogens with one attached hydrogen (secondary N) is 3. The molecule has 0 heterocycles. The van der Waals surface area contributed by atoms with E-state index in [0.29, 0.717) is 10.8 Å². The molecular formula is C24H31ClN6O4. The summed E-state index contributed by atoms with van der Waals surface area (Å²) in [5.74, 6) is 9.86. The molecular weight excluding hydrogens is 472 g/mol. The van der Waals surface area contributed by atoms with Gasteiger partial charge in [-0.25, -0.2) is 5.84 Å². The van der Waals surface area contributed by atoms with Crippen LogP contribution in [0.4, 0.5) is 0 Å². The van der Waals surface area contributed by atoms with Gasteiger partial charge in [-0.1, -0.05) is 48.0 Å². The lowest BCUT2D eigenvalue weighted by Crippen LogP contribution is -2.55. The highest BCUT2D eigenvalue weighted by molar-refractivity contribution is 6.30. The number of carbonyl (C=O) groups excluding carboxylic acids is 2. The number of halogens is 1. The van der Waals surface area contributed by atoms with Crippen molar-refractivity contribution in [1.82, 2.24) is 16.1 Å². The van der Waals surface area contributed by atoms with Crippen molar-refractivity contribution >= 4 is 29.4 Å². The number of nitrogens with two attached hydrogens (primary N) is 2. The van der Waals surface area contributed by atoms with Gasteiger partial charge in [-0.2, -0.15) is 0 Å². The minimum atomic E-state index is -0.944. The van der Waals surface area contributed by atoms with E-state index in [1.54, 1.807) is 19.9 Å². The summed E-state index contributed by atoms with van der Waals surface area (Å²) in [6, 6.07) is 13.3. The van der Waals surface area contributed by atoms with E-state index >= 15 is 0 Å². The van der Waals surface area contributed by atoms with E-state index in [1.165, 1.54) is 7.11 Å². The number of amides is 1. The van der Waals surface area contributed by atoms with Gasteiger partial charge in [0.15, 0.2) is 0 Å². The number of carbonyl (C=O) groups is 2. The van der Waals surface area contributed by atoms with Crippen LogP contribution < -0.4 is 27.7 Å². The number of allylic oxidation sites excluding steroid dienone is 1.